The van der Waals surface area contributed by atoms with Crippen LogP contribution in [0, 0.1) is 5.82 Å². The summed E-state index contributed by atoms with van der Waals surface area (Å²) in [7, 11) is 3.15. The Morgan fingerprint density at radius 2 is 1.78 bits per heavy atom. The van der Waals surface area contributed by atoms with Gasteiger partial charge in [-0.3, -0.25) is 4.79 Å². The number of carbonyl (C=O) groups excluding carboxylic acids is 1. The van der Waals surface area contributed by atoms with Crippen molar-refractivity contribution >= 4 is 23.0 Å². The maximum atomic E-state index is 13.0. The molecule has 160 valence electrons. The molecule has 0 bridgehead atoms. The number of carbonyl (C=O) groups is 1. The molecule has 1 N–H and O–H groups in total. The third-order valence-electron chi connectivity index (χ3n) is 4.89. The molecule has 1 amide bonds. The SMILES string of the molecule is COc1ccc(OC)c(-c2cc(C(=O)N/N=C\c3ccc(F)cc3)c3ccccc3n2)c1. The van der Waals surface area contributed by atoms with Crippen molar-refractivity contribution in [1.29, 1.82) is 0 Å². The van der Waals surface area contributed by atoms with Crippen LogP contribution in [0.1, 0.15) is 15.9 Å². The number of nitrogens with one attached hydrogen (secondary N) is 1. The fourth-order valence-corrected chi connectivity index (χ4v) is 3.29. The van der Waals surface area contributed by atoms with Gasteiger partial charge in [0.05, 0.1) is 37.2 Å². The quantitative estimate of drug-likeness (QED) is 0.352. The van der Waals surface area contributed by atoms with Crippen LogP contribution >= 0.6 is 0 Å². The van der Waals surface area contributed by atoms with E-state index in [4.69, 9.17) is 14.5 Å². The summed E-state index contributed by atoms with van der Waals surface area (Å²) < 4.78 is 23.9. The largest absolute Gasteiger partial charge is 0.497 e. The number of hydrogen-bond donors (Lipinski definition) is 1. The van der Waals surface area contributed by atoms with Gasteiger partial charge in [0.2, 0.25) is 0 Å². The molecule has 0 saturated carbocycles. The number of halogens is 1. The number of aromatic nitrogens is 1. The van der Waals surface area contributed by atoms with E-state index in [9.17, 15) is 9.18 Å². The van der Waals surface area contributed by atoms with Crippen LogP contribution in [0.25, 0.3) is 22.2 Å². The molecule has 7 heteroatoms. The molecule has 32 heavy (non-hydrogen) atoms. The second-order valence-corrected chi connectivity index (χ2v) is 6.89. The van der Waals surface area contributed by atoms with Gasteiger partial charge >= 0.3 is 0 Å². The molecule has 1 aromatic heterocycles. The topological polar surface area (TPSA) is 72.8 Å². The number of benzene rings is 3. The standard InChI is InChI=1S/C25H20FN3O3/c1-31-18-11-12-24(32-2)21(13-18)23-14-20(19-5-3-4-6-22(19)28-23)25(30)29-27-15-16-7-9-17(26)10-8-16/h3-15H,1-2H3,(H,29,30)/b27-15-. The Morgan fingerprint density at radius 1 is 1.00 bits per heavy atom. The molecule has 4 aromatic rings. The lowest BCUT2D eigenvalue weighted by atomic mass is 10.0. The number of hydrazone groups is 1. The lowest BCUT2D eigenvalue weighted by molar-refractivity contribution is 0.0956. The molecule has 3 aromatic carbocycles. The van der Waals surface area contributed by atoms with Gasteiger partial charge in [0, 0.05) is 10.9 Å². The molecule has 0 fully saturated rings. The van der Waals surface area contributed by atoms with Gasteiger partial charge in [-0.05, 0) is 48.0 Å². The molecule has 0 spiro atoms. The van der Waals surface area contributed by atoms with Crippen LogP contribution in [0.5, 0.6) is 11.5 Å². The second-order valence-electron chi connectivity index (χ2n) is 6.89. The predicted octanol–water partition coefficient (Wildman–Crippen LogP) is 4.82. The highest BCUT2D eigenvalue weighted by Crippen LogP contribution is 2.34. The Balaban J connectivity index is 1.73. The second kappa shape index (κ2) is 9.26. The first-order valence-electron chi connectivity index (χ1n) is 9.80. The molecule has 4 rings (SSSR count). The van der Waals surface area contributed by atoms with Crippen molar-refractivity contribution in [3.63, 3.8) is 0 Å². The smallest absolute Gasteiger partial charge is 0.272 e. The van der Waals surface area contributed by atoms with E-state index in [-0.39, 0.29) is 5.82 Å². The van der Waals surface area contributed by atoms with Crippen molar-refractivity contribution in [3.05, 3.63) is 89.7 Å². The van der Waals surface area contributed by atoms with E-state index >= 15 is 0 Å². The van der Waals surface area contributed by atoms with E-state index in [1.54, 1.807) is 44.6 Å². The third kappa shape index (κ3) is 4.41. The van der Waals surface area contributed by atoms with E-state index < -0.39 is 5.91 Å². The minimum Gasteiger partial charge on any atom is -0.497 e. The molecule has 0 unspecified atom stereocenters. The van der Waals surface area contributed by atoms with Crippen molar-refractivity contribution in [2.24, 2.45) is 5.10 Å². The van der Waals surface area contributed by atoms with Crippen LogP contribution in [0.4, 0.5) is 4.39 Å². The van der Waals surface area contributed by atoms with Gasteiger partial charge in [-0.25, -0.2) is 14.8 Å². The summed E-state index contributed by atoms with van der Waals surface area (Å²) in [6.45, 7) is 0. The molecule has 6 nitrogen and oxygen atoms in total. The molecular formula is C25H20FN3O3. The monoisotopic (exact) mass is 429 g/mol. The molecule has 0 atom stereocenters. The highest BCUT2D eigenvalue weighted by Gasteiger charge is 2.16. The van der Waals surface area contributed by atoms with Crippen molar-refractivity contribution in [2.45, 2.75) is 0 Å². The highest BCUT2D eigenvalue weighted by atomic mass is 19.1. The number of ether oxygens (including phenoxy) is 2. The first-order valence-corrected chi connectivity index (χ1v) is 9.80. The number of para-hydroxylation sites is 1. The van der Waals surface area contributed by atoms with Gasteiger partial charge in [-0.1, -0.05) is 30.3 Å². The normalized spacial score (nSPS) is 11.0. The molecule has 1 heterocycles. The van der Waals surface area contributed by atoms with Crippen LogP contribution < -0.4 is 14.9 Å². The molecular weight excluding hydrogens is 409 g/mol. The van der Waals surface area contributed by atoms with E-state index in [0.717, 1.165) is 0 Å². The van der Waals surface area contributed by atoms with Crippen LogP contribution in [0.3, 0.4) is 0 Å². The molecule has 0 aliphatic carbocycles. The van der Waals surface area contributed by atoms with Crippen LogP contribution in [0.15, 0.2) is 77.9 Å². The molecule has 0 saturated heterocycles. The minimum atomic E-state index is -0.398. The van der Waals surface area contributed by atoms with Crippen LogP contribution in [-0.2, 0) is 0 Å². The number of fused-ring (bicyclic) bond motifs is 1. The van der Waals surface area contributed by atoms with Crippen molar-refractivity contribution in [1.82, 2.24) is 10.4 Å². The summed E-state index contributed by atoms with van der Waals surface area (Å²) in [6.07, 6.45) is 1.45. The number of hydrogen-bond acceptors (Lipinski definition) is 5. The number of pyridine rings is 1. The highest BCUT2D eigenvalue weighted by molar-refractivity contribution is 6.07. The summed E-state index contributed by atoms with van der Waals surface area (Å²) in [5, 5.41) is 4.69. The zero-order valence-electron chi connectivity index (χ0n) is 17.5. The summed E-state index contributed by atoms with van der Waals surface area (Å²) in [6, 6.07) is 20.2. The molecule has 0 aliphatic heterocycles. The average Bonchev–Trinajstić information content (AvgIpc) is 2.84. The fraction of sp³-hybridized carbons (Fsp3) is 0.0800. The number of nitrogens with zero attached hydrogens (tertiary/aromatic N) is 2. The summed E-state index contributed by atoms with van der Waals surface area (Å²) in [4.78, 5) is 17.7. The Kier molecular flexibility index (Phi) is 6.07. The number of rotatable bonds is 6. The van der Waals surface area contributed by atoms with Crippen molar-refractivity contribution in [2.75, 3.05) is 14.2 Å². The van der Waals surface area contributed by atoms with Crippen LogP contribution in [0.2, 0.25) is 0 Å². The van der Waals surface area contributed by atoms with E-state index in [0.29, 0.717) is 44.8 Å². The summed E-state index contributed by atoms with van der Waals surface area (Å²) >= 11 is 0. The van der Waals surface area contributed by atoms with Crippen LogP contribution in [-0.4, -0.2) is 31.3 Å². The van der Waals surface area contributed by atoms with Crippen molar-refractivity contribution in [3.8, 4) is 22.8 Å². The summed E-state index contributed by atoms with van der Waals surface area (Å²) in [5.41, 5.74) is 5.52. The predicted molar refractivity (Wildman–Crippen MR) is 122 cm³/mol. The summed E-state index contributed by atoms with van der Waals surface area (Å²) in [5.74, 6) is 0.514. The first kappa shape index (κ1) is 21.0. The zero-order chi connectivity index (χ0) is 22.5. The lowest BCUT2D eigenvalue weighted by Gasteiger charge is -2.13. The minimum absolute atomic E-state index is 0.338. The van der Waals surface area contributed by atoms with Gasteiger partial charge in [0.25, 0.3) is 5.91 Å². The van der Waals surface area contributed by atoms with E-state index in [1.807, 2.05) is 30.3 Å². The van der Waals surface area contributed by atoms with Gasteiger partial charge in [0.1, 0.15) is 17.3 Å². The number of amides is 1. The van der Waals surface area contributed by atoms with E-state index in [1.165, 1.54) is 18.3 Å². The van der Waals surface area contributed by atoms with Gasteiger partial charge in [0.15, 0.2) is 0 Å². The number of methoxy groups -OCH3 is 2. The maximum Gasteiger partial charge on any atom is 0.272 e. The Bertz CT molecular complexity index is 1300. The van der Waals surface area contributed by atoms with E-state index in [2.05, 4.69) is 10.5 Å². The Morgan fingerprint density at radius 3 is 2.53 bits per heavy atom. The first-order chi connectivity index (χ1) is 15.6. The maximum absolute atomic E-state index is 13.0. The fourth-order valence-electron chi connectivity index (χ4n) is 3.29. The Hall–Kier alpha value is -4.26. The zero-order valence-corrected chi connectivity index (χ0v) is 17.5. The molecule has 0 aliphatic rings. The van der Waals surface area contributed by atoms with Gasteiger partial charge in [-0.2, -0.15) is 5.10 Å². The molecule has 0 radical (unpaired) electrons. The van der Waals surface area contributed by atoms with Crippen molar-refractivity contribution < 1.29 is 18.7 Å². The Labute approximate surface area is 184 Å². The third-order valence-corrected chi connectivity index (χ3v) is 4.89. The van der Waals surface area contributed by atoms with Gasteiger partial charge in [-0.15, -0.1) is 0 Å². The van der Waals surface area contributed by atoms with Gasteiger partial charge < -0.3 is 9.47 Å². The lowest BCUT2D eigenvalue weighted by Crippen LogP contribution is -2.18. The average molecular weight is 429 g/mol.